The van der Waals surface area contributed by atoms with Gasteiger partial charge in [-0.05, 0) is 100 Å². The Balaban J connectivity index is 0.0000202. The first-order chi connectivity index (χ1) is 41.2. The molecule has 2 saturated heterocycles. The summed E-state index contributed by atoms with van der Waals surface area (Å²) in [5.41, 5.74) is 6.76. The number of aromatic nitrogens is 1. The van der Waals surface area contributed by atoms with Gasteiger partial charge in [0.25, 0.3) is 5.91 Å². The molecule has 2 aromatic rings. The number of Topliss-reactive ketones (excluding diaryl/α,β-unsaturated/α-hetero) is 3. The molecule has 1 unspecified atom stereocenters. The minimum absolute atomic E-state index is 0. The summed E-state index contributed by atoms with van der Waals surface area (Å²) in [6.45, 7) is 14.3. The fraction of sp³-hybridized carbons (Fsp3) is 0.692. The average molecular weight is 1270 g/mol. The number of nitrogens with two attached hydrogens (primary N) is 1. The predicted molar refractivity (Wildman–Crippen MR) is 342 cm³/mol. The van der Waals surface area contributed by atoms with E-state index >= 15 is 0 Å². The summed E-state index contributed by atoms with van der Waals surface area (Å²) in [5, 5.41) is 19.8. The van der Waals surface area contributed by atoms with E-state index in [4.69, 9.17) is 10.5 Å². The number of aliphatic carboxylic acids is 1. The molecule has 1 aromatic heterocycles. The van der Waals surface area contributed by atoms with Crippen LogP contribution in [0.1, 0.15) is 198 Å². The van der Waals surface area contributed by atoms with Gasteiger partial charge in [-0.2, -0.15) is 11.8 Å². The number of hydrogen-bond acceptors (Lipinski definition) is 16. The van der Waals surface area contributed by atoms with Gasteiger partial charge in [-0.15, -0.1) is 11.3 Å². The molecule has 10 atom stereocenters. The molecule has 1 aromatic carbocycles. The molecule has 2 fully saturated rings. The van der Waals surface area contributed by atoms with Crippen molar-refractivity contribution < 1.29 is 62.6 Å². The minimum Gasteiger partial charge on any atom is -0.481 e. The third-order valence-corrected chi connectivity index (χ3v) is 19.2. The van der Waals surface area contributed by atoms with E-state index in [1.807, 2.05) is 48.6 Å². The molecule has 23 heteroatoms. The number of hydrogen-bond donors (Lipinski definition) is 5. The van der Waals surface area contributed by atoms with E-state index in [1.54, 1.807) is 49.4 Å². The van der Waals surface area contributed by atoms with Crippen LogP contribution in [0, 0.1) is 35.5 Å². The SMILES string of the molecule is C.CC[C@H](C)[C@H](CC(=O)[C@H]1CCCCN1C)C(=O)N(C)[C@H](C[C@@H](OC(=O)NC)c1nc(C(=O)N[C@@H](Cc2ccc(CC(=O)[C@H](CCCCC(N)=O)NC(=O)[C@@H](CC(=O)CCCCCN3C(=O)CC(SC)C3=O)C(C)C)cc2)C[C@H](C)C(=O)O)cs1)C(C)C. The highest BCUT2D eigenvalue weighted by atomic mass is 32.2. The monoisotopic (exact) mass is 1270 g/mol. The second-order valence-electron chi connectivity index (χ2n) is 24.7. The molecular weight excluding hydrogens is 1160 g/mol. The summed E-state index contributed by atoms with van der Waals surface area (Å²) >= 11 is 2.47. The summed E-state index contributed by atoms with van der Waals surface area (Å²) in [6.07, 6.45) is 7.32. The molecule has 88 heavy (non-hydrogen) atoms. The first-order valence-corrected chi connectivity index (χ1v) is 33.3. The molecule has 21 nitrogen and oxygen atoms in total. The number of ketones is 3. The number of thioether (sulfide) groups is 1. The van der Waals surface area contributed by atoms with E-state index in [0.29, 0.717) is 55.6 Å². The van der Waals surface area contributed by atoms with Gasteiger partial charge >= 0.3 is 12.1 Å². The van der Waals surface area contributed by atoms with Gasteiger partial charge < -0.3 is 36.4 Å². The lowest BCUT2D eigenvalue weighted by Crippen LogP contribution is -2.48. The second kappa shape index (κ2) is 37.8. The predicted octanol–water partition coefficient (Wildman–Crippen LogP) is 8.53. The van der Waals surface area contributed by atoms with E-state index in [2.05, 4.69) is 25.8 Å². The van der Waals surface area contributed by atoms with Crippen molar-refractivity contribution in [3.8, 4) is 0 Å². The van der Waals surface area contributed by atoms with Crippen molar-refractivity contribution >= 4 is 88.0 Å². The maximum atomic E-state index is 14.5. The number of primary amides is 1. The van der Waals surface area contributed by atoms with Gasteiger partial charge in [0.1, 0.15) is 16.5 Å². The highest BCUT2D eigenvalue weighted by molar-refractivity contribution is 8.00. The van der Waals surface area contributed by atoms with Crippen LogP contribution in [0.25, 0.3) is 0 Å². The Morgan fingerprint density at radius 2 is 1.55 bits per heavy atom. The van der Waals surface area contributed by atoms with Crippen molar-refractivity contribution in [2.75, 3.05) is 40.5 Å². The Labute approximate surface area is 530 Å². The van der Waals surface area contributed by atoms with Gasteiger partial charge in [0.2, 0.25) is 29.5 Å². The van der Waals surface area contributed by atoms with Crippen molar-refractivity contribution in [1.29, 1.82) is 0 Å². The zero-order chi connectivity index (χ0) is 64.7. The number of likely N-dealkylation sites (N-methyl/N-ethyl adjacent to an activating group) is 1. The fourth-order valence-electron chi connectivity index (χ4n) is 11.5. The molecule has 6 N–H and O–H groups in total. The molecule has 492 valence electrons. The van der Waals surface area contributed by atoms with Crippen molar-refractivity contribution in [2.24, 2.45) is 41.2 Å². The van der Waals surface area contributed by atoms with Crippen LogP contribution in [-0.2, 0) is 60.7 Å². The number of amides is 7. The summed E-state index contributed by atoms with van der Waals surface area (Å²) in [5.74, 6) is -5.94. The van der Waals surface area contributed by atoms with Crippen LogP contribution in [0.3, 0.4) is 0 Å². The lowest BCUT2D eigenvalue weighted by atomic mass is 9.83. The van der Waals surface area contributed by atoms with Crippen molar-refractivity contribution in [3.63, 3.8) is 0 Å². The molecule has 7 amide bonds. The highest BCUT2D eigenvalue weighted by Gasteiger charge is 2.40. The number of benzene rings is 1. The standard InChI is InChI=1S/C64H98N8O13S2.CH4/c1-12-40(6)47(34-53(75)50-22-17-19-28-70(50)9)61(80)71(10)51(39(4)5)35-54(85-64(84)66-8)60-69-49(37-87-60)59(79)67-44(30-41(7)63(82)83)31-42-24-26-43(27-25-42)32-52(74)48(21-15-16-23-56(65)76)68-58(78)46(38(2)3)33-45(73)20-14-13-18-29-72-57(77)36-55(86-11)62(72)81;/h24-27,37-41,44,46-48,50-51,54-55H,12-23,28-36H2,1-11H3,(H2,65,76)(H,66,84)(H,67,79)(H,68,78)(H,82,83);1H4/t40-,41-,44+,46-,47-,48-,50+,51+,54+,55?;/m0./s1. The first-order valence-electron chi connectivity index (χ1n) is 31.1. The number of thiazole rings is 1. The third kappa shape index (κ3) is 23.7. The molecule has 0 radical (unpaired) electrons. The smallest absolute Gasteiger partial charge is 0.407 e. The summed E-state index contributed by atoms with van der Waals surface area (Å²) < 4.78 is 5.90. The van der Waals surface area contributed by atoms with E-state index in [-0.39, 0.29) is 141 Å². The van der Waals surface area contributed by atoms with Crippen LogP contribution in [0.4, 0.5) is 4.79 Å². The summed E-state index contributed by atoms with van der Waals surface area (Å²) in [6, 6.07) is 4.77. The molecule has 0 aliphatic carbocycles. The first kappa shape index (κ1) is 76.2. The van der Waals surface area contributed by atoms with Gasteiger partial charge in [0, 0.05) is 94.9 Å². The maximum Gasteiger partial charge on any atom is 0.407 e. The normalized spacial score (nSPS) is 18.0. The molecule has 3 heterocycles. The quantitative estimate of drug-likeness (QED) is 0.0309. The average Bonchev–Trinajstić information content (AvgIpc) is 3.21. The molecule has 0 bridgehead atoms. The number of carbonyl (C=O) groups is 11. The second-order valence-corrected chi connectivity index (χ2v) is 26.6. The van der Waals surface area contributed by atoms with Crippen LogP contribution >= 0.6 is 23.1 Å². The number of unbranched alkanes of at least 4 members (excludes halogenated alkanes) is 3. The maximum absolute atomic E-state index is 14.5. The van der Waals surface area contributed by atoms with Gasteiger partial charge in [-0.25, -0.2) is 9.78 Å². The number of carbonyl (C=O) groups excluding carboxylic acids is 10. The topological polar surface area (TPSA) is 302 Å². The lowest BCUT2D eigenvalue weighted by Gasteiger charge is -2.37. The minimum atomic E-state index is -1.05. The van der Waals surface area contributed by atoms with Gasteiger partial charge in [-0.1, -0.05) is 106 Å². The Morgan fingerprint density at radius 1 is 0.875 bits per heavy atom. The summed E-state index contributed by atoms with van der Waals surface area (Å²) in [4.78, 5) is 155. The molecular formula is C65H102N8O13S2. The van der Waals surface area contributed by atoms with Gasteiger partial charge in [0.05, 0.1) is 23.3 Å². The van der Waals surface area contributed by atoms with Gasteiger partial charge in [-0.3, -0.25) is 57.7 Å². The van der Waals surface area contributed by atoms with E-state index in [9.17, 15) is 57.8 Å². The number of ether oxygens (including phenoxy) is 1. The number of carboxylic acids is 1. The van der Waals surface area contributed by atoms with Gasteiger partial charge in [0.15, 0.2) is 17.7 Å². The Bertz CT molecular complexity index is 2670. The number of nitrogens with zero attached hydrogens (tertiary/aromatic N) is 4. The third-order valence-electron chi connectivity index (χ3n) is 17.3. The number of carboxylic acid groups (broad SMARTS) is 1. The van der Waals surface area contributed by atoms with Crippen molar-refractivity contribution in [3.05, 3.63) is 51.5 Å². The fourth-order valence-corrected chi connectivity index (χ4v) is 13.0. The molecule has 0 saturated carbocycles. The molecule has 2 aliphatic rings. The summed E-state index contributed by atoms with van der Waals surface area (Å²) in [7, 11) is 5.10. The van der Waals surface area contributed by atoms with Crippen LogP contribution in [0.15, 0.2) is 29.6 Å². The van der Waals surface area contributed by atoms with E-state index < -0.39 is 71.8 Å². The Hall–Kier alpha value is -6.07. The zero-order valence-electron chi connectivity index (χ0n) is 53.2. The van der Waals surface area contributed by atoms with Crippen LogP contribution < -0.4 is 21.7 Å². The number of likely N-dealkylation sites (tertiary alicyclic amines) is 2. The number of rotatable bonds is 39. The Kier molecular flexibility index (Phi) is 32.7. The molecule has 4 rings (SSSR count). The number of alkyl carbamates (subject to hydrolysis) is 1. The molecule has 2 aliphatic heterocycles. The van der Waals surface area contributed by atoms with Crippen LogP contribution in [0.2, 0.25) is 0 Å². The highest BCUT2D eigenvalue weighted by Crippen LogP contribution is 2.34. The van der Waals surface area contributed by atoms with Crippen LogP contribution in [0.5, 0.6) is 0 Å². The van der Waals surface area contributed by atoms with E-state index in [0.717, 1.165) is 42.7 Å². The number of piperidine rings is 1. The number of nitrogens with one attached hydrogen (secondary N) is 3. The Morgan fingerprint density at radius 3 is 2.14 bits per heavy atom. The zero-order valence-corrected chi connectivity index (χ0v) is 54.8. The van der Waals surface area contributed by atoms with Crippen molar-refractivity contribution in [1.82, 2.24) is 35.6 Å². The number of imide groups is 1. The van der Waals surface area contributed by atoms with Crippen LogP contribution in [-0.4, -0.2) is 160 Å². The van der Waals surface area contributed by atoms with E-state index in [1.165, 1.54) is 29.1 Å². The molecule has 0 spiro atoms. The lowest BCUT2D eigenvalue weighted by molar-refractivity contribution is -0.143. The largest absolute Gasteiger partial charge is 0.481 e. The van der Waals surface area contributed by atoms with Crippen molar-refractivity contribution in [2.45, 2.75) is 213 Å².